The zero-order valence-electron chi connectivity index (χ0n) is 19.2. The number of urea groups is 1. The number of hydrogen-bond acceptors (Lipinski definition) is 3. The van der Waals surface area contributed by atoms with Gasteiger partial charge >= 0.3 is 6.03 Å². The number of carbonyl (C=O) groups is 1. The van der Waals surface area contributed by atoms with Crippen LogP contribution in [0.1, 0.15) is 49.3 Å². The third-order valence-electron chi connectivity index (χ3n) is 6.49. The standard InChI is InChI=1S/C28H34N4O/c33-28(31-26-15-9-18-29-22-26)30-19-8-7-10-23-16-20-32(21-17-23)27(24-11-3-1-4-12-24)25-13-5-2-6-14-25/h1-6,9,11-15,18,22-23,27H,7-8,10,16-17,19-21H2,(H2,30,31,33). The number of benzene rings is 2. The molecule has 0 spiro atoms. The lowest BCUT2D eigenvalue weighted by Gasteiger charge is -2.38. The molecule has 3 aromatic rings. The molecule has 1 saturated heterocycles. The van der Waals surface area contributed by atoms with E-state index < -0.39 is 0 Å². The number of pyridine rings is 1. The third-order valence-corrected chi connectivity index (χ3v) is 6.49. The maximum Gasteiger partial charge on any atom is 0.319 e. The van der Waals surface area contributed by atoms with E-state index in [0.717, 1.165) is 31.8 Å². The number of piperidine rings is 1. The van der Waals surface area contributed by atoms with Crippen molar-refractivity contribution in [2.24, 2.45) is 5.92 Å². The molecule has 33 heavy (non-hydrogen) atoms. The predicted octanol–water partition coefficient (Wildman–Crippen LogP) is 5.88. The molecule has 1 fully saturated rings. The van der Waals surface area contributed by atoms with Gasteiger partial charge in [-0.1, -0.05) is 73.5 Å². The van der Waals surface area contributed by atoms with Crippen molar-refractivity contribution in [1.29, 1.82) is 0 Å². The largest absolute Gasteiger partial charge is 0.338 e. The van der Waals surface area contributed by atoms with E-state index in [4.69, 9.17) is 0 Å². The van der Waals surface area contributed by atoms with E-state index in [9.17, 15) is 4.79 Å². The van der Waals surface area contributed by atoms with Gasteiger partial charge in [-0.15, -0.1) is 0 Å². The van der Waals surface area contributed by atoms with Crippen LogP contribution in [0.5, 0.6) is 0 Å². The molecule has 0 bridgehead atoms. The number of hydrogen-bond donors (Lipinski definition) is 2. The van der Waals surface area contributed by atoms with Crippen LogP contribution in [0.3, 0.4) is 0 Å². The van der Waals surface area contributed by atoms with Crippen molar-refractivity contribution in [3.63, 3.8) is 0 Å². The number of carbonyl (C=O) groups excluding carboxylic acids is 1. The van der Waals surface area contributed by atoms with Crippen LogP contribution in [-0.4, -0.2) is 35.5 Å². The van der Waals surface area contributed by atoms with E-state index in [-0.39, 0.29) is 6.03 Å². The summed E-state index contributed by atoms with van der Waals surface area (Å²) in [6.07, 6.45) is 9.22. The summed E-state index contributed by atoms with van der Waals surface area (Å²) in [5, 5.41) is 5.75. The minimum atomic E-state index is -0.163. The zero-order valence-corrected chi connectivity index (χ0v) is 19.2. The monoisotopic (exact) mass is 442 g/mol. The Hall–Kier alpha value is -3.18. The Morgan fingerprint density at radius 3 is 2.18 bits per heavy atom. The molecule has 2 N–H and O–H groups in total. The van der Waals surface area contributed by atoms with Gasteiger partial charge in [-0.3, -0.25) is 9.88 Å². The van der Waals surface area contributed by atoms with Crippen LogP contribution in [-0.2, 0) is 0 Å². The number of nitrogens with one attached hydrogen (secondary N) is 2. The lowest BCUT2D eigenvalue weighted by atomic mass is 9.88. The molecular formula is C28H34N4O. The van der Waals surface area contributed by atoms with Crippen molar-refractivity contribution in [1.82, 2.24) is 15.2 Å². The van der Waals surface area contributed by atoms with Crippen LogP contribution >= 0.6 is 0 Å². The van der Waals surface area contributed by atoms with Crippen molar-refractivity contribution in [2.75, 3.05) is 25.0 Å². The Bertz CT molecular complexity index is 917. The summed E-state index contributed by atoms with van der Waals surface area (Å²) in [7, 11) is 0. The molecule has 1 aromatic heterocycles. The number of rotatable bonds is 9. The lowest BCUT2D eigenvalue weighted by Crippen LogP contribution is -2.37. The fourth-order valence-electron chi connectivity index (χ4n) is 4.76. The lowest BCUT2D eigenvalue weighted by molar-refractivity contribution is 0.146. The predicted molar refractivity (Wildman–Crippen MR) is 134 cm³/mol. The summed E-state index contributed by atoms with van der Waals surface area (Å²) in [5.41, 5.74) is 3.46. The van der Waals surface area contributed by atoms with Gasteiger partial charge in [-0.25, -0.2) is 4.79 Å². The van der Waals surface area contributed by atoms with Gasteiger partial charge in [0.25, 0.3) is 0 Å². The fourth-order valence-corrected chi connectivity index (χ4v) is 4.76. The van der Waals surface area contributed by atoms with E-state index in [1.54, 1.807) is 12.4 Å². The van der Waals surface area contributed by atoms with Crippen LogP contribution in [0.2, 0.25) is 0 Å². The Balaban J connectivity index is 1.19. The van der Waals surface area contributed by atoms with Gasteiger partial charge in [0.2, 0.25) is 0 Å². The molecule has 0 saturated carbocycles. The highest BCUT2D eigenvalue weighted by Gasteiger charge is 2.27. The Morgan fingerprint density at radius 1 is 0.909 bits per heavy atom. The number of amides is 2. The third kappa shape index (κ3) is 6.90. The highest BCUT2D eigenvalue weighted by Crippen LogP contribution is 2.33. The highest BCUT2D eigenvalue weighted by molar-refractivity contribution is 5.88. The highest BCUT2D eigenvalue weighted by atomic mass is 16.2. The Kier molecular flexibility index (Phi) is 8.48. The second-order valence-electron chi connectivity index (χ2n) is 8.82. The first kappa shape index (κ1) is 23.0. The van der Waals surface area contributed by atoms with Gasteiger partial charge in [0.15, 0.2) is 0 Å². The molecule has 0 unspecified atom stereocenters. The quantitative estimate of drug-likeness (QED) is 0.407. The molecule has 0 radical (unpaired) electrons. The van der Waals surface area contributed by atoms with Crippen molar-refractivity contribution in [3.8, 4) is 0 Å². The van der Waals surface area contributed by atoms with E-state index >= 15 is 0 Å². The van der Waals surface area contributed by atoms with Crippen LogP contribution in [0.15, 0.2) is 85.2 Å². The summed E-state index contributed by atoms with van der Waals surface area (Å²) in [6.45, 7) is 2.96. The van der Waals surface area contributed by atoms with Gasteiger partial charge in [-0.2, -0.15) is 0 Å². The molecule has 4 rings (SSSR count). The summed E-state index contributed by atoms with van der Waals surface area (Å²) >= 11 is 0. The molecule has 2 heterocycles. The van der Waals surface area contributed by atoms with Crippen LogP contribution < -0.4 is 10.6 Å². The van der Waals surface area contributed by atoms with E-state index in [2.05, 4.69) is 81.2 Å². The molecule has 0 aliphatic carbocycles. The average molecular weight is 443 g/mol. The van der Waals surface area contributed by atoms with Gasteiger partial charge in [0.05, 0.1) is 17.9 Å². The van der Waals surface area contributed by atoms with Crippen LogP contribution in [0.25, 0.3) is 0 Å². The molecule has 172 valence electrons. The minimum Gasteiger partial charge on any atom is -0.338 e. The molecule has 1 aliphatic rings. The molecule has 1 aliphatic heterocycles. The summed E-state index contributed by atoms with van der Waals surface area (Å²) in [5.74, 6) is 0.776. The number of nitrogens with zero attached hydrogens (tertiary/aromatic N) is 2. The van der Waals surface area contributed by atoms with Gasteiger partial charge in [0, 0.05) is 12.7 Å². The first-order chi connectivity index (χ1) is 16.3. The van der Waals surface area contributed by atoms with Crippen LogP contribution in [0.4, 0.5) is 10.5 Å². The minimum absolute atomic E-state index is 0.163. The molecule has 5 nitrogen and oxygen atoms in total. The van der Waals surface area contributed by atoms with Gasteiger partial charge < -0.3 is 10.6 Å². The molecule has 5 heteroatoms. The van der Waals surface area contributed by atoms with Crippen LogP contribution in [0, 0.1) is 5.92 Å². The van der Waals surface area contributed by atoms with Crippen molar-refractivity contribution < 1.29 is 4.79 Å². The van der Waals surface area contributed by atoms with E-state index in [1.807, 2.05) is 12.1 Å². The van der Waals surface area contributed by atoms with Crippen molar-refractivity contribution in [3.05, 3.63) is 96.3 Å². The topological polar surface area (TPSA) is 57.3 Å². The zero-order chi connectivity index (χ0) is 22.7. The number of aromatic nitrogens is 1. The normalized spacial score (nSPS) is 14.8. The molecular weight excluding hydrogens is 408 g/mol. The second kappa shape index (κ2) is 12.2. The fraction of sp³-hybridized carbons (Fsp3) is 0.357. The maximum atomic E-state index is 12.0. The molecule has 2 amide bonds. The SMILES string of the molecule is O=C(NCCCCC1CCN(C(c2ccccc2)c2ccccc2)CC1)Nc1cccnc1. The number of anilines is 1. The number of unbranched alkanes of at least 4 members (excludes halogenated alkanes) is 1. The Morgan fingerprint density at radius 2 is 1.58 bits per heavy atom. The summed E-state index contributed by atoms with van der Waals surface area (Å²) in [6, 6.07) is 25.6. The first-order valence-corrected chi connectivity index (χ1v) is 12.1. The maximum absolute atomic E-state index is 12.0. The van der Waals surface area contributed by atoms with E-state index in [0.29, 0.717) is 18.3 Å². The number of likely N-dealkylation sites (tertiary alicyclic amines) is 1. The Labute approximate surface area is 197 Å². The summed E-state index contributed by atoms with van der Waals surface area (Å²) < 4.78 is 0. The summed E-state index contributed by atoms with van der Waals surface area (Å²) in [4.78, 5) is 18.6. The van der Waals surface area contributed by atoms with Gasteiger partial charge in [0.1, 0.15) is 0 Å². The van der Waals surface area contributed by atoms with Crippen molar-refractivity contribution in [2.45, 2.75) is 38.1 Å². The molecule has 2 aromatic carbocycles. The van der Waals surface area contributed by atoms with E-state index in [1.165, 1.54) is 30.4 Å². The molecule has 0 atom stereocenters. The van der Waals surface area contributed by atoms with Crippen molar-refractivity contribution >= 4 is 11.7 Å². The average Bonchev–Trinajstić information content (AvgIpc) is 2.87. The smallest absolute Gasteiger partial charge is 0.319 e. The van der Waals surface area contributed by atoms with Gasteiger partial charge in [-0.05, 0) is 61.5 Å². The second-order valence-corrected chi connectivity index (χ2v) is 8.82. The first-order valence-electron chi connectivity index (χ1n) is 12.1.